The van der Waals surface area contributed by atoms with Gasteiger partial charge in [0.15, 0.2) is 5.78 Å². The van der Waals surface area contributed by atoms with E-state index in [-0.39, 0.29) is 55.1 Å². The second-order valence-electron chi connectivity index (χ2n) is 8.53. The van der Waals surface area contributed by atoms with Crippen LogP contribution >= 0.6 is 0 Å². The highest BCUT2D eigenvalue weighted by Crippen LogP contribution is 2.06. The molecule has 0 saturated heterocycles. The summed E-state index contributed by atoms with van der Waals surface area (Å²) in [4.78, 5) is 46.6. The van der Waals surface area contributed by atoms with E-state index in [1.165, 1.54) is 6.92 Å². The van der Waals surface area contributed by atoms with Gasteiger partial charge in [-0.15, -0.1) is 0 Å². The Kier molecular flexibility index (Phi) is 19.3. The van der Waals surface area contributed by atoms with Crippen LogP contribution in [-0.2, 0) is 28.7 Å². The van der Waals surface area contributed by atoms with Gasteiger partial charge in [-0.05, 0) is 32.7 Å². The minimum absolute atomic E-state index is 0.0430. The van der Waals surface area contributed by atoms with Crippen molar-refractivity contribution in [2.45, 2.75) is 71.4 Å². The molecule has 1 unspecified atom stereocenters. The van der Waals surface area contributed by atoms with Crippen LogP contribution in [-0.4, -0.2) is 86.8 Å². The Morgan fingerprint density at radius 1 is 0.829 bits per heavy atom. The van der Waals surface area contributed by atoms with Crippen LogP contribution in [0.5, 0.6) is 0 Å². The molecule has 0 aliphatic carbocycles. The zero-order valence-corrected chi connectivity index (χ0v) is 21.5. The highest BCUT2D eigenvalue weighted by Gasteiger charge is 2.16. The Balaban J connectivity index is 3.84. The molecular weight excluding hydrogens is 456 g/mol. The van der Waals surface area contributed by atoms with E-state index in [4.69, 9.17) is 9.47 Å². The molecule has 0 aromatic heterocycles. The summed E-state index contributed by atoms with van der Waals surface area (Å²) in [6.07, 6.45) is 2.08. The molecule has 0 aromatic carbocycles. The van der Waals surface area contributed by atoms with Crippen LogP contribution in [0.15, 0.2) is 12.3 Å². The first-order valence-electron chi connectivity index (χ1n) is 12.2. The maximum atomic E-state index is 12.0. The van der Waals surface area contributed by atoms with Gasteiger partial charge in [0.25, 0.3) is 0 Å². The first-order chi connectivity index (χ1) is 16.6. The number of amides is 3. The number of ketones is 1. The van der Waals surface area contributed by atoms with Gasteiger partial charge in [0.1, 0.15) is 12.4 Å². The Bertz CT molecular complexity index is 656. The van der Waals surface area contributed by atoms with E-state index >= 15 is 0 Å². The van der Waals surface area contributed by atoms with Crippen molar-refractivity contribution in [3.05, 3.63) is 12.3 Å². The molecule has 0 saturated carbocycles. The van der Waals surface area contributed by atoms with Crippen molar-refractivity contribution in [3.63, 3.8) is 0 Å². The van der Waals surface area contributed by atoms with Crippen LogP contribution < -0.4 is 21.3 Å². The van der Waals surface area contributed by atoms with E-state index in [2.05, 4.69) is 27.8 Å². The number of Topliss-reactive ketones (excluding diaryl/α,β-unsaturated/α-hetero) is 1. The first-order valence-corrected chi connectivity index (χ1v) is 12.2. The maximum absolute atomic E-state index is 12.0. The van der Waals surface area contributed by atoms with Crippen molar-refractivity contribution < 1.29 is 33.8 Å². The summed E-state index contributed by atoms with van der Waals surface area (Å²) in [5.41, 5.74) is 0. The van der Waals surface area contributed by atoms with E-state index in [0.717, 1.165) is 6.54 Å². The number of carbonyl (C=O) groups is 4. The Hall–Kier alpha value is -2.50. The summed E-state index contributed by atoms with van der Waals surface area (Å²) in [5.74, 6) is -0.797. The second-order valence-corrected chi connectivity index (χ2v) is 8.53. The summed E-state index contributed by atoms with van der Waals surface area (Å²) in [7, 11) is 0. The van der Waals surface area contributed by atoms with E-state index in [9.17, 15) is 24.3 Å². The fourth-order valence-corrected chi connectivity index (χ4v) is 2.86. The van der Waals surface area contributed by atoms with E-state index in [1.807, 2.05) is 13.8 Å². The van der Waals surface area contributed by atoms with Crippen LogP contribution in [0, 0.1) is 0 Å². The summed E-state index contributed by atoms with van der Waals surface area (Å²) >= 11 is 0. The molecule has 11 heteroatoms. The molecule has 35 heavy (non-hydrogen) atoms. The van der Waals surface area contributed by atoms with Gasteiger partial charge in [-0.1, -0.05) is 20.4 Å². The lowest BCUT2D eigenvalue weighted by Gasteiger charge is -2.17. The number of carbonyl (C=O) groups excluding carboxylic acids is 4. The molecule has 5 N–H and O–H groups in total. The van der Waals surface area contributed by atoms with Gasteiger partial charge >= 0.3 is 0 Å². The fourth-order valence-electron chi connectivity index (χ4n) is 2.86. The molecule has 0 aliphatic rings. The quantitative estimate of drug-likeness (QED) is 0.108. The third-order valence-electron chi connectivity index (χ3n) is 4.68. The van der Waals surface area contributed by atoms with Crippen molar-refractivity contribution in [3.8, 4) is 0 Å². The summed E-state index contributed by atoms with van der Waals surface area (Å²) < 4.78 is 10.3. The predicted octanol–water partition coefficient (Wildman–Crippen LogP) is 0.736. The molecule has 0 aromatic rings. The number of hydrogen-bond acceptors (Lipinski definition) is 8. The normalized spacial score (nSPS) is 11.7. The molecule has 0 spiro atoms. The highest BCUT2D eigenvalue weighted by molar-refractivity contribution is 5.78. The van der Waals surface area contributed by atoms with E-state index in [1.54, 1.807) is 0 Å². The summed E-state index contributed by atoms with van der Waals surface area (Å²) in [5, 5.41) is 21.1. The van der Waals surface area contributed by atoms with Crippen LogP contribution in [0.1, 0.15) is 59.3 Å². The standard InChI is InChI=1S/C24H44N4O7/c1-18(2)25-11-6-8-24(33)28-21(20(4)30)9-10-23(32)26-12-5-7-22(31)27-13-14-34-15-16-35-17-19(3)29/h18,21,25,30H,4-17H2,1-3H3,(H,26,32)(H,27,31)(H,28,33). The molecule has 1 atom stereocenters. The third kappa shape index (κ3) is 21.8. The predicted molar refractivity (Wildman–Crippen MR) is 133 cm³/mol. The number of hydrogen-bond donors (Lipinski definition) is 5. The zero-order valence-electron chi connectivity index (χ0n) is 21.5. The first kappa shape index (κ1) is 32.5. The smallest absolute Gasteiger partial charge is 0.220 e. The van der Waals surface area contributed by atoms with Gasteiger partial charge in [0, 0.05) is 38.4 Å². The number of aliphatic hydroxyl groups excluding tert-OH is 1. The minimum Gasteiger partial charge on any atom is -0.511 e. The minimum atomic E-state index is -0.681. The van der Waals surface area contributed by atoms with Crippen molar-refractivity contribution in [2.75, 3.05) is 46.1 Å². The van der Waals surface area contributed by atoms with Crippen molar-refractivity contribution in [2.24, 2.45) is 0 Å². The molecule has 0 rings (SSSR count). The fraction of sp³-hybridized carbons (Fsp3) is 0.750. The van der Waals surface area contributed by atoms with Gasteiger partial charge in [0.05, 0.1) is 25.9 Å². The molecule has 0 aliphatic heterocycles. The van der Waals surface area contributed by atoms with Gasteiger partial charge in [-0.25, -0.2) is 0 Å². The lowest BCUT2D eigenvalue weighted by molar-refractivity contribution is -0.124. The third-order valence-corrected chi connectivity index (χ3v) is 4.68. The second kappa shape index (κ2) is 20.8. The zero-order chi connectivity index (χ0) is 26.5. The van der Waals surface area contributed by atoms with E-state index < -0.39 is 6.04 Å². The molecule has 0 radical (unpaired) electrons. The summed E-state index contributed by atoms with van der Waals surface area (Å²) in [6, 6.07) is -0.327. The Morgan fingerprint density at radius 2 is 1.43 bits per heavy atom. The van der Waals surface area contributed by atoms with Crippen molar-refractivity contribution in [1.82, 2.24) is 21.3 Å². The van der Waals surface area contributed by atoms with Crippen LogP contribution in [0.3, 0.4) is 0 Å². The lowest BCUT2D eigenvalue weighted by Crippen LogP contribution is -2.37. The van der Waals surface area contributed by atoms with Crippen molar-refractivity contribution >= 4 is 23.5 Å². The highest BCUT2D eigenvalue weighted by atomic mass is 16.5. The number of rotatable bonds is 22. The lowest BCUT2D eigenvalue weighted by atomic mass is 10.1. The van der Waals surface area contributed by atoms with Crippen LogP contribution in [0.4, 0.5) is 0 Å². The Morgan fingerprint density at radius 3 is 2.09 bits per heavy atom. The molecule has 202 valence electrons. The largest absolute Gasteiger partial charge is 0.511 e. The van der Waals surface area contributed by atoms with Gasteiger partial charge < -0.3 is 35.8 Å². The molecule has 3 amide bonds. The van der Waals surface area contributed by atoms with Crippen LogP contribution in [0.25, 0.3) is 0 Å². The average Bonchev–Trinajstić information content (AvgIpc) is 2.78. The number of aliphatic hydroxyl groups is 1. The van der Waals surface area contributed by atoms with Gasteiger partial charge in [-0.2, -0.15) is 0 Å². The topological polar surface area (TPSA) is 155 Å². The van der Waals surface area contributed by atoms with Crippen molar-refractivity contribution in [1.29, 1.82) is 0 Å². The molecule has 0 heterocycles. The van der Waals surface area contributed by atoms with Crippen LogP contribution in [0.2, 0.25) is 0 Å². The summed E-state index contributed by atoms with van der Waals surface area (Å²) in [6.45, 7) is 11.5. The monoisotopic (exact) mass is 500 g/mol. The SMILES string of the molecule is C=C(O)C(CCC(=O)NCCCC(=O)NCCOCCOCC(C)=O)NC(=O)CCCNC(C)C. The molecule has 0 fully saturated rings. The molecular formula is C24H44N4O7. The number of nitrogens with one attached hydrogen (secondary N) is 4. The van der Waals surface area contributed by atoms with E-state index in [0.29, 0.717) is 58.2 Å². The number of ether oxygens (including phenoxy) is 2. The maximum Gasteiger partial charge on any atom is 0.220 e. The molecule has 11 nitrogen and oxygen atoms in total. The molecule has 0 bridgehead atoms. The van der Waals surface area contributed by atoms with Gasteiger partial charge in [0.2, 0.25) is 17.7 Å². The average molecular weight is 501 g/mol. The van der Waals surface area contributed by atoms with Gasteiger partial charge in [-0.3, -0.25) is 19.2 Å². The Labute approximate surface area is 208 Å².